The summed E-state index contributed by atoms with van der Waals surface area (Å²) in [5.41, 5.74) is 1.27. The molecule has 25 heavy (non-hydrogen) atoms. The molecule has 0 aliphatic rings. The van der Waals surface area contributed by atoms with Crippen LogP contribution in [0.15, 0.2) is 44.2 Å². The summed E-state index contributed by atoms with van der Waals surface area (Å²) in [7, 11) is -0.792. The molecule has 2 aromatic carbocycles. The van der Waals surface area contributed by atoms with Gasteiger partial charge in [-0.2, -0.15) is 0 Å². The zero-order chi connectivity index (χ0) is 18.9. The Morgan fingerprint density at radius 2 is 1.68 bits per heavy atom. The van der Waals surface area contributed by atoms with Crippen molar-refractivity contribution in [3.8, 4) is 0 Å². The zero-order valence-electron chi connectivity index (χ0n) is 13.6. The highest BCUT2D eigenvalue weighted by Crippen LogP contribution is 2.33. The first-order valence-corrected chi connectivity index (χ1v) is 10.1. The maximum atomic E-state index is 13.4. The molecular formula is C16H15Br2FN2O3S. The number of rotatable bonds is 4. The van der Waals surface area contributed by atoms with Crippen LogP contribution in [0.5, 0.6) is 0 Å². The maximum Gasteiger partial charge on any atom is 0.264 e. The van der Waals surface area contributed by atoms with Gasteiger partial charge in [-0.15, -0.1) is 0 Å². The van der Waals surface area contributed by atoms with Crippen LogP contribution in [0, 0.1) is 12.7 Å². The Balaban J connectivity index is 2.49. The Bertz CT molecular complexity index is 923. The number of carbonyl (C=O) groups excluding carboxylic acids is 1. The van der Waals surface area contributed by atoms with Gasteiger partial charge in [-0.05, 0) is 68.6 Å². The van der Waals surface area contributed by atoms with E-state index in [-0.39, 0.29) is 25.4 Å². The number of hydrogen-bond donors (Lipinski definition) is 1. The molecule has 5 nitrogen and oxygen atoms in total. The Labute approximate surface area is 162 Å². The van der Waals surface area contributed by atoms with Crippen molar-refractivity contribution in [2.75, 3.05) is 18.8 Å². The van der Waals surface area contributed by atoms with Gasteiger partial charge >= 0.3 is 0 Å². The summed E-state index contributed by atoms with van der Waals surface area (Å²) in [6.45, 7) is 1.72. The first-order valence-electron chi connectivity index (χ1n) is 7.02. The van der Waals surface area contributed by atoms with E-state index in [2.05, 4.69) is 36.6 Å². The predicted molar refractivity (Wildman–Crippen MR) is 102 cm³/mol. The minimum Gasteiger partial charge on any atom is -0.345 e. The smallest absolute Gasteiger partial charge is 0.264 e. The van der Waals surface area contributed by atoms with E-state index in [1.807, 2.05) is 0 Å². The molecule has 2 rings (SSSR count). The molecule has 0 fully saturated rings. The van der Waals surface area contributed by atoms with Crippen LogP contribution in [0.1, 0.15) is 15.9 Å². The van der Waals surface area contributed by atoms with E-state index in [4.69, 9.17) is 0 Å². The summed E-state index contributed by atoms with van der Waals surface area (Å²) in [5, 5.41) is 0. The van der Waals surface area contributed by atoms with Crippen molar-refractivity contribution in [1.82, 2.24) is 4.90 Å². The van der Waals surface area contributed by atoms with Gasteiger partial charge in [0.2, 0.25) is 0 Å². The van der Waals surface area contributed by atoms with Crippen LogP contribution in [-0.2, 0) is 10.0 Å². The van der Waals surface area contributed by atoms with E-state index >= 15 is 0 Å². The van der Waals surface area contributed by atoms with Gasteiger partial charge in [0.25, 0.3) is 15.9 Å². The van der Waals surface area contributed by atoms with E-state index in [0.29, 0.717) is 11.1 Å². The van der Waals surface area contributed by atoms with Crippen LogP contribution < -0.4 is 4.72 Å². The zero-order valence-corrected chi connectivity index (χ0v) is 17.6. The van der Waals surface area contributed by atoms with Crippen LogP contribution in [0.4, 0.5) is 10.1 Å². The van der Waals surface area contributed by atoms with Gasteiger partial charge in [-0.1, -0.05) is 6.07 Å². The van der Waals surface area contributed by atoms with Crippen molar-refractivity contribution in [2.45, 2.75) is 11.8 Å². The molecule has 0 saturated heterocycles. The summed E-state index contributed by atoms with van der Waals surface area (Å²) in [6.07, 6.45) is 0. The first-order chi connectivity index (χ1) is 11.5. The fourth-order valence-electron chi connectivity index (χ4n) is 2.10. The van der Waals surface area contributed by atoms with Gasteiger partial charge in [-0.3, -0.25) is 9.52 Å². The van der Waals surface area contributed by atoms with Crippen LogP contribution in [0.3, 0.4) is 0 Å². The van der Waals surface area contributed by atoms with Crippen molar-refractivity contribution in [2.24, 2.45) is 0 Å². The predicted octanol–water partition coefficient (Wildman–Crippen LogP) is 4.16. The number of nitrogens with zero attached hydrogens (tertiary/aromatic N) is 1. The van der Waals surface area contributed by atoms with Crippen molar-refractivity contribution in [3.63, 3.8) is 0 Å². The molecule has 0 atom stereocenters. The van der Waals surface area contributed by atoms with Crippen molar-refractivity contribution in [1.29, 1.82) is 0 Å². The van der Waals surface area contributed by atoms with Crippen LogP contribution >= 0.6 is 31.9 Å². The number of hydrogen-bond acceptors (Lipinski definition) is 3. The Morgan fingerprint density at radius 1 is 1.12 bits per heavy atom. The molecule has 0 radical (unpaired) electrons. The lowest BCUT2D eigenvalue weighted by molar-refractivity contribution is 0.0827. The summed E-state index contributed by atoms with van der Waals surface area (Å²) in [4.78, 5) is 13.4. The lowest BCUT2D eigenvalue weighted by Gasteiger charge is -2.15. The van der Waals surface area contributed by atoms with E-state index < -0.39 is 15.8 Å². The summed E-state index contributed by atoms with van der Waals surface area (Å²) >= 11 is 6.14. The second-order valence-corrected chi connectivity index (χ2v) is 8.86. The van der Waals surface area contributed by atoms with Gasteiger partial charge in [0, 0.05) is 28.6 Å². The lowest BCUT2D eigenvalue weighted by Crippen LogP contribution is -2.22. The molecule has 134 valence electrons. The van der Waals surface area contributed by atoms with Crippen molar-refractivity contribution in [3.05, 3.63) is 56.2 Å². The largest absolute Gasteiger partial charge is 0.345 e. The van der Waals surface area contributed by atoms with E-state index in [1.165, 1.54) is 11.0 Å². The highest BCUT2D eigenvalue weighted by atomic mass is 79.9. The van der Waals surface area contributed by atoms with Gasteiger partial charge in [-0.25, -0.2) is 12.8 Å². The first kappa shape index (κ1) is 19.9. The molecular weight excluding hydrogens is 479 g/mol. The van der Waals surface area contributed by atoms with Gasteiger partial charge in [0.1, 0.15) is 10.7 Å². The van der Waals surface area contributed by atoms with E-state index in [1.54, 1.807) is 33.2 Å². The molecule has 0 bridgehead atoms. The minimum absolute atomic E-state index is 0.0880. The van der Waals surface area contributed by atoms with Gasteiger partial charge in [0.15, 0.2) is 0 Å². The molecule has 0 spiro atoms. The summed E-state index contributed by atoms with van der Waals surface area (Å²) in [6, 6.07) is 6.89. The normalized spacial score (nSPS) is 11.3. The average molecular weight is 494 g/mol. The second-order valence-electron chi connectivity index (χ2n) is 5.53. The van der Waals surface area contributed by atoms with Crippen molar-refractivity contribution >= 4 is 53.5 Å². The summed E-state index contributed by atoms with van der Waals surface area (Å²) < 4.78 is 41.5. The molecule has 0 saturated carbocycles. The number of anilines is 1. The minimum atomic E-state index is -4.01. The van der Waals surface area contributed by atoms with E-state index in [0.717, 1.165) is 12.1 Å². The SMILES string of the molecule is Cc1ccc(C(=O)N(C)C)cc1NS(=O)(=O)c1c(Br)cc(F)cc1Br. The number of nitrogens with one attached hydrogen (secondary N) is 1. The molecule has 1 amide bonds. The second kappa shape index (κ2) is 7.43. The van der Waals surface area contributed by atoms with Crippen LogP contribution in [-0.4, -0.2) is 33.3 Å². The topological polar surface area (TPSA) is 66.5 Å². The third kappa shape index (κ3) is 4.39. The molecule has 0 aliphatic heterocycles. The number of sulfonamides is 1. The fourth-order valence-corrected chi connectivity index (χ4v) is 5.76. The molecule has 0 unspecified atom stereocenters. The molecule has 2 aromatic rings. The summed E-state index contributed by atoms with van der Waals surface area (Å²) in [5.74, 6) is -0.822. The maximum absolute atomic E-state index is 13.4. The van der Waals surface area contributed by atoms with Crippen LogP contribution in [0.2, 0.25) is 0 Å². The van der Waals surface area contributed by atoms with Gasteiger partial charge < -0.3 is 4.90 Å². The monoisotopic (exact) mass is 492 g/mol. The third-order valence-electron chi connectivity index (χ3n) is 3.37. The van der Waals surface area contributed by atoms with Gasteiger partial charge in [0.05, 0.1) is 5.69 Å². The Hall–Kier alpha value is -1.45. The standard InChI is InChI=1S/C16H15Br2FN2O3S/c1-9-4-5-10(16(22)21(2)3)6-14(9)20-25(23,24)15-12(17)7-11(19)8-13(15)18/h4-8,20H,1-3H3. The van der Waals surface area contributed by atoms with E-state index in [9.17, 15) is 17.6 Å². The third-order valence-corrected chi connectivity index (χ3v) is 6.61. The average Bonchev–Trinajstić information content (AvgIpc) is 2.46. The lowest BCUT2D eigenvalue weighted by atomic mass is 10.1. The number of benzene rings is 2. The highest BCUT2D eigenvalue weighted by molar-refractivity contribution is 9.11. The highest BCUT2D eigenvalue weighted by Gasteiger charge is 2.23. The fraction of sp³-hybridized carbons (Fsp3) is 0.188. The quantitative estimate of drug-likeness (QED) is 0.695. The number of amides is 1. The molecule has 0 aliphatic carbocycles. The van der Waals surface area contributed by atoms with Crippen LogP contribution in [0.25, 0.3) is 0 Å². The number of halogens is 3. The molecule has 1 N–H and O–H groups in total. The Kier molecular flexibility index (Phi) is 5.90. The molecule has 9 heteroatoms. The molecule has 0 heterocycles. The molecule has 0 aromatic heterocycles. The van der Waals surface area contributed by atoms with Crippen molar-refractivity contribution < 1.29 is 17.6 Å². The number of aryl methyl sites for hydroxylation is 1. The number of carbonyl (C=O) groups is 1. The Morgan fingerprint density at radius 3 is 2.20 bits per heavy atom.